The summed E-state index contributed by atoms with van der Waals surface area (Å²) < 4.78 is 11.3. The lowest BCUT2D eigenvalue weighted by Gasteiger charge is -2.25. The average Bonchev–Trinajstić information content (AvgIpc) is 2.93. The number of furan rings is 1. The van der Waals surface area contributed by atoms with E-state index in [1.54, 1.807) is 7.11 Å². The van der Waals surface area contributed by atoms with Gasteiger partial charge in [0, 0.05) is 10.9 Å². The van der Waals surface area contributed by atoms with E-state index in [4.69, 9.17) is 9.15 Å². The van der Waals surface area contributed by atoms with E-state index < -0.39 is 5.54 Å². The van der Waals surface area contributed by atoms with Gasteiger partial charge in [0.15, 0.2) is 5.76 Å². The zero-order chi connectivity index (χ0) is 16.4. The van der Waals surface area contributed by atoms with Gasteiger partial charge >= 0.3 is 0 Å². The van der Waals surface area contributed by atoms with Crippen molar-refractivity contribution in [2.24, 2.45) is 0 Å². The summed E-state index contributed by atoms with van der Waals surface area (Å²) in [5.74, 6) is 1.56. The van der Waals surface area contributed by atoms with Crippen molar-refractivity contribution in [1.82, 2.24) is 0 Å². The molecule has 0 saturated heterocycles. The monoisotopic (exact) mass is 311 g/mol. The zero-order valence-corrected chi connectivity index (χ0v) is 13.6. The summed E-state index contributed by atoms with van der Waals surface area (Å²) in [6, 6.07) is 15.6. The van der Waals surface area contributed by atoms with Crippen LogP contribution in [0.25, 0.3) is 22.3 Å². The first-order valence-electron chi connectivity index (χ1n) is 7.59. The molecule has 0 fully saturated rings. The fourth-order valence-electron chi connectivity index (χ4n) is 2.49. The molecule has 0 amide bonds. The second-order valence-electron chi connectivity index (χ2n) is 6.20. The van der Waals surface area contributed by atoms with Crippen molar-refractivity contribution in [2.45, 2.75) is 19.4 Å². The summed E-state index contributed by atoms with van der Waals surface area (Å²) in [6.45, 7) is 3.92. The lowest BCUT2D eigenvalue weighted by atomic mass is 10.0. The van der Waals surface area contributed by atoms with E-state index in [2.05, 4.69) is 5.32 Å². The minimum Gasteiger partial charge on any atom is -0.497 e. The van der Waals surface area contributed by atoms with Gasteiger partial charge in [-0.25, -0.2) is 0 Å². The van der Waals surface area contributed by atoms with Crippen LogP contribution < -0.4 is 10.1 Å². The number of rotatable bonds is 5. The van der Waals surface area contributed by atoms with Crippen LogP contribution in [0.5, 0.6) is 5.75 Å². The molecule has 2 N–H and O–H groups in total. The highest BCUT2D eigenvalue weighted by atomic mass is 16.5. The van der Waals surface area contributed by atoms with Crippen molar-refractivity contribution in [3.8, 4) is 17.1 Å². The standard InChI is InChI=1S/C19H21NO3/c1-19(2,12-21)20-17-15-6-4-5-7-16(15)23-18(17)13-8-10-14(22-3)11-9-13/h4-11,20-21H,12H2,1-3H3. The van der Waals surface area contributed by atoms with E-state index in [9.17, 15) is 5.11 Å². The van der Waals surface area contributed by atoms with E-state index in [0.717, 1.165) is 33.7 Å². The van der Waals surface area contributed by atoms with Crippen LogP contribution in [0.4, 0.5) is 5.69 Å². The molecule has 0 bridgehead atoms. The van der Waals surface area contributed by atoms with Crippen molar-refractivity contribution in [2.75, 3.05) is 19.0 Å². The molecule has 0 aliphatic rings. The van der Waals surface area contributed by atoms with Crippen LogP contribution in [0.2, 0.25) is 0 Å². The molecule has 2 aromatic carbocycles. The Bertz CT molecular complexity index is 803. The highest BCUT2D eigenvalue weighted by Gasteiger charge is 2.23. The van der Waals surface area contributed by atoms with Gasteiger partial charge < -0.3 is 19.6 Å². The number of hydrogen-bond donors (Lipinski definition) is 2. The number of aliphatic hydroxyl groups is 1. The smallest absolute Gasteiger partial charge is 0.158 e. The van der Waals surface area contributed by atoms with Gasteiger partial charge in [0.25, 0.3) is 0 Å². The molecule has 1 aromatic heterocycles. The lowest BCUT2D eigenvalue weighted by Crippen LogP contribution is -2.34. The highest BCUT2D eigenvalue weighted by molar-refractivity contribution is 5.99. The Morgan fingerprint density at radius 3 is 2.43 bits per heavy atom. The fraction of sp³-hybridized carbons (Fsp3) is 0.263. The molecular formula is C19H21NO3. The van der Waals surface area contributed by atoms with Crippen LogP contribution in [0.3, 0.4) is 0 Å². The Morgan fingerprint density at radius 2 is 1.78 bits per heavy atom. The Labute approximate surface area is 135 Å². The van der Waals surface area contributed by atoms with E-state index in [-0.39, 0.29) is 6.61 Å². The molecule has 0 unspecified atom stereocenters. The molecule has 0 aliphatic carbocycles. The average molecular weight is 311 g/mol. The van der Waals surface area contributed by atoms with Gasteiger partial charge in [0.2, 0.25) is 0 Å². The van der Waals surface area contributed by atoms with Gasteiger partial charge in [0.05, 0.1) is 24.9 Å². The number of para-hydroxylation sites is 1. The number of anilines is 1. The molecule has 0 atom stereocenters. The first-order valence-corrected chi connectivity index (χ1v) is 7.59. The number of ether oxygens (including phenoxy) is 1. The minimum absolute atomic E-state index is 0.0224. The molecule has 3 rings (SSSR count). The lowest BCUT2D eigenvalue weighted by molar-refractivity contribution is 0.234. The molecule has 120 valence electrons. The SMILES string of the molecule is COc1ccc(-c2oc3ccccc3c2NC(C)(C)CO)cc1. The quantitative estimate of drug-likeness (QED) is 0.738. The summed E-state index contributed by atoms with van der Waals surface area (Å²) in [5.41, 5.74) is 2.21. The maximum absolute atomic E-state index is 9.59. The van der Waals surface area contributed by atoms with Crippen molar-refractivity contribution in [3.63, 3.8) is 0 Å². The van der Waals surface area contributed by atoms with E-state index in [0.29, 0.717) is 0 Å². The van der Waals surface area contributed by atoms with Crippen molar-refractivity contribution < 1.29 is 14.3 Å². The van der Waals surface area contributed by atoms with Gasteiger partial charge in [-0.15, -0.1) is 0 Å². The van der Waals surface area contributed by atoms with Gasteiger partial charge in [0.1, 0.15) is 11.3 Å². The van der Waals surface area contributed by atoms with Crippen LogP contribution in [0, 0.1) is 0 Å². The predicted octanol–water partition coefficient (Wildman–Crippen LogP) is 4.29. The third kappa shape index (κ3) is 3.03. The number of aliphatic hydroxyl groups excluding tert-OH is 1. The zero-order valence-electron chi connectivity index (χ0n) is 13.6. The van der Waals surface area contributed by atoms with Crippen LogP contribution >= 0.6 is 0 Å². The number of fused-ring (bicyclic) bond motifs is 1. The first-order chi connectivity index (χ1) is 11.0. The molecule has 4 heteroatoms. The Hall–Kier alpha value is -2.46. The first kappa shape index (κ1) is 15.4. The second kappa shape index (κ2) is 5.97. The molecule has 0 spiro atoms. The van der Waals surface area contributed by atoms with Crippen molar-refractivity contribution in [3.05, 3.63) is 48.5 Å². The summed E-state index contributed by atoms with van der Waals surface area (Å²) in [5, 5.41) is 14.0. The van der Waals surface area contributed by atoms with Crippen LogP contribution in [-0.2, 0) is 0 Å². The van der Waals surface area contributed by atoms with Gasteiger partial charge in [-0.3, -0.25) is 0 Å². The Morgan fingerprint density at radius 1 is 1.09 bits per heavy atom. The van der Waals surface area contributed by atoms with E-state index in [1.165, 1.54) is 0 Å². The predicted molar refractivity (Wildman–Crippen MR) is 93.0 cm³/mol. The van der Waals surface area contributed by atoms with Gasteiger partial charge in [-0.2, -0.15) is 0 Å². The number of hydrogen-bond acceptors (Lipinski definition) is 4. The normalized spacial score (nSPS) is 11.7. The van der Waals surface area contributed by atoms with Crippen LogP contribution in [0.15, 0.2) is 52.9 Å². The molecular weight excluding hydrogens is 290 g/mol. The summed E-state index contributed by atoms with van der Waals surface area (Å²) >= 11 is 0. The van der Waals surface area contributed by atoms with E-state index >= 15 is 0 Å². The number of benzene rings is 2. The maximum atomic E-state index is 9.59. The number of nitrogens with one attached hydrogen (secondary N) is 1. The molecule has 23 heavy (non-hydrogen) atoms. The molecule has 3 aromatic rings. The third-order valence-electron chi connectivity index (χ3n) is 3.81. The van der Waals surface area contributed by atoms with Crippen LogP contribution in [0.1, 0.15) is 13.8 Å². The molecule has 0 saturated carbocycles. The Kier molecular flexibility index (Phi) is 4.01. The van der Waals surface area contributed by atoms with Gasteiger partial charge in [-0.1, -0.05) is 12.1 Å². The fourth-order valence-corrected chi connectivity index (χ4v) is 2.49. The summed E-state index contributed by atoms with van der Waals surface area (Å²) in [7, 11) is 1.65. The van der Waals surface area contributed by atoms with Crippen LogP contribution in [-0.4, -0.2) is 24.4 Å². The maximum Gasteiger partial charge on any atom is 0.158 e. The van der Waals surface area contributed by atoms with Gasteiger partial charge in [-0.05, 0) is 50.2 Å². The largest absolute Gasteiger partial charge is 0.497 e. The topological polar surface area (TPSA) is 54.6 Å². The molecule has 0 radical (unpaired) electrons. The molecule has 4 nitrogen and oxygen atoms in total. The third-order valence-corrected chi connectivity index (χ3v) is 3.81. The Balaban J connectivity index is 2.14. The molecule has 0 aliphatic heterocycles. The number of methoxy groups -OCH3 is 1. The molecule has 1 heterocycles. The van der Waals surface area contributed by atoms with Crippen molar-refractivity contribution >= 4 is 16.7 Å². The second-order valence-corrected chi connectivity index (χ2v) is 6.20. The minimum atomic E-state index is -0.451. The van der Waals surface area contributed by atoms with Crippen molar-refractivity contribution in [1.29, 1.82) is 0 Å². The van der Waals surface area contributed by atoms with E-state index in [1.807, 2.05) is 62.4 Å². The summed E-state index contributed by atoms with van der Waals surface area (Å²) in [6.07, 6.45) is 0. The highest BCUT2D eigenvalue weighted by Crippen LogP contribution is 2.39. The summed E-state index contributed by atoms with van der Waals surface area (Å²) in [4.78, 5) is 0.